The number of H-pyrrole nitrogens is 2. The molecule has 2 heterocycles. The summed E-state index contributed by atoms with van der Waals surface area (Å²) in [4.78, 5) is 32.7. The zero-order chi connectivity index (χ0) is 15.2. The van der Waals surface area contributed by atoms with Gasteiger partial charge in [-0.25, -0.2) is 9.97 Å². The maximum atomic E-state index is 9.99. The monoisotopic (exact) mass is 283 g/mol. The van der Waals surface area contributed by atoms with Crippen LogP contribution in [-0.4, -0.2) is 48.1 Å². The Bertz CT molecular complexity index is 383. The van der Waals surface area contributed by atoms with Crippen molar-refractivity contribution in [3.8, 4) is 0 Å². The van der Waals surface area contributed by atoms with Crippen molar-refractivity contribution in [2.24, 2.45) is 5.73 Å². The molecule has 20 heavy (non-hydrogen) atoms. The van der Waals surface area contributed by atoms with E-state index in [1.54, 1.807) is 37.4 Å². The predicted molar refractivity (Wildman–Crippen MR) is 69.7 cm³/mol. The Hall–Kier alpha value is -2.68. The van der Waals surface area contributed by atoms with Crippen molar-refractivity contribution in [3.63, 3.8) is 0 Å². The molecule has 0 amide bonds. The molecule has 6 N–H and O–H groups in total. The van der Waals surface area contributed by atoms with Gasteiger partial charge >= 0.3 is 11.9 Å². The first kappa shape index (κ1) is 17.3. The molecule has 0 saturated heterocycles. The normalized spacial score (nSPS) is 10.2. The van der Waals surface area contributed by atoms with Gasteiger partial charge in [0.1, 0.15) is 6.04 Å². The van der Waals surface area contributed by atoms with Gasteiger partial charge < -0.3 is 25.9 Å². The number of aromatic nitrogens is 4. The molecule has 0 aliphatic carbocycles. The van der Waals surface area contributed by atoms with Gasteiger partial charge in [-0.2, -0.15) is 0 Å². The van der Waals surface area contributed by atoms with E-state index in [1.807, 2.05) is 0 Å². The summed E-state index contributed by atoms with van der Waals surface area (Å²) in [7, 11) is 0. The lowest BCUT2D eigenvalue weighted by molar-refractivity contribution is -0.139. The Kier molecular flexibility index (Phi) is 9.88. The minimum Gasteiger partial charge on any atom is -0.481 e. The van der Waals surface area contributed by atoms with Crippen LogP contribution < -0.4 is 5.73 Å². The smallest absolute Gasteiger partial charge is 0.320 e. The Labute approximate surface area is 114 Å². The maximum Gasteiger partial charge on any atom is 0.320 e. The van der Waals surface area contributed by atoms with Crippen LogP contribution in [0.4, 0.5) is 0 Å². The van der Waals surface area contributed by atoms with E-state index < -0.39 is 18.0 Å². The maximum absolute atomic E-state index is 9.99. The van der Waals surface area contributed by atoms with Crippen molar-refractivity contribution in [2.45, 2.75) is 18.9 Å². The molecular formula is C11H17N5O4. The van der Waals surface area contributed by atoms with Gasteiger partial charge in [0.15, 0.2) is 0 Å². The highest BCUT2D eigenvalue weighted by molar-refractivity contribution is 5.74. The van der Waals surface area contributed by atoms with Gasteiger partial charge in [-0.05, 0) is 6.42 Å². The van der Waals surface area contributed by atoms with E-state index in [1.165, 1.54) is 0 Å². The summed E-state index contributed by atoms with van der Waals surface area (Å²) >= 11 is 0. The van der Waals surface area contributed by atoms with Crippen LogP contribution in [0.3, 0.4) is 0 Å². The first-order valence-electron chi connectivity index (χ1n) is 5.59. The zero-order valence-corrected chi connectivity index (χ0v) is 10.6. The van der Waals surface area contributed by atoms with Gasteiger partial charge in [-0.3, -0.25) is 9.59 Å². The largest absolute Gasteiger partial charge is 0.481 e. The zero-order valence-electron chi connectivity index (χ0n) is 10.6. The van der Waals surface area contributed by atoms with E-state index in [4.69, 9.17) is 15.9 Å². The molecule has 1 atom stereocenters. The molecule has 0 aliphatic heterocycles. The minimum atomic E-state index is -1.17. The number of aromatic amines is 2. The molecule has 1 unspecified atom stereocenters. The number of hydrogen-bond acceptors (Lipinski definition) is 5. The number of aliphatic carboxylic acids is 2. The Morgan fingerprint density at radius 3 is 1.80 bits per heavy atom. The standard InChI is InChI=1S/C5H9NO4.2C3H4N2/c6-3(5(9)10)1-2-4(7)8;2*1-2-5-3-4-1/h3H,1-2,6H2,(H,7,8)(H,9,10);2*1-3H,(H,4,5). The molecule has 2 rings (SSSR count). The number of nitrogens with two attached hydrogens (primary N) is 1. The molecule has 0 spiro atoms. The summed E-state index contributed by atoms with van der Waals surface area (Å²) in [6.45, 7) is 0. The van der Waals surface area contributed by atoms with Crippen LogP contribution in [0.1, 0.15) is 12.8 Å². The molecule has 9 heteroatoms. The SMILES string of the molecule is NC(CCC(=O)O)C(=O)O.c1c[nH]cn1.c1c[nH]cn1. The van der Waals surface area contributed by atoms with Crippen LogP contribution in [0.25, 0.3) is 0 Å². The van der Waals surface area contributed by atoms with Crippen molar-refractivity contribution in [3.05, 3.63) is 37.4 Å². The van der Waals surface area contributed by atoms with E-state index in [2.05, 4.69) is 19.9 Å². The van der Waals surface area contributed by atoms with Crippen LogP contribution >= 0.6 is 0 Å². The summed E-state index contributed by atoms with van der Waals surface area (Å²) in [6.07, 6.45) is 9.94. The third-order valence-corrected chi connectivity index (χ3v) is 1.80. The molecule has 0 aliphatic rings. The molecule has 110 valence electrons. The summed E-state index contributed by atoms with van der Waals surface area (Å²) in [6, 6.07) is -1.06. The third-order valence-electron chi connectivity index (χ3n) is 1.80. The average Bonchev–Trinajstić information content (AvgIpc) is 3.11. The van der Waals surface area contributed by atoms with E-state index >= 15 is 0 Å². The van der Waals surface area contributed by atoms with Crippen LogP contribution in [0.15, 0.2) is 37.4 Å². The lowest BCUT2D eigenvalue weighted by Crippen LogP contribution is -2.30. The molecule has 0 aromatic carbocycles. The van der Waals surface area contributed by atoms with E-state index in [0.29, 0.717) is 0 Å². The fourth-order valence-electron chi connectivity index (χ4n) is 0.833. The molecule has 0 saturated carbocycles. The molecule has 0 bridgehead atoms. The molecule has 0 fully saturated rings. The molecule has 2 aromatic heterocycles. The summed E-state index contributed by atoms with van der Waals surface area (Å²) in [5.74, 6) is -2.20. The van der Waals surface area contributed by atoms with Crippen LogP contribution in [0.2, 0.25) is 0 Å². The third kappa shape index (κ3) is 11.8. The molecule has 2 aromatic rings. The second-order valence-electron chi connectivity index (χ2n) is 3.40. The van der Waals surface area contributed by atoms with Gasteiger partial charge in [-0.1, -0.05) is 0 Å². The van der Waals surface area contributed by atoms with Crippen molar-refractivity contribution < 1.29 is 19.8 Å². The van der Waals surface area contributed by atoms with Gasteiger partial charge in [0.2, 0.25) is 0 Å². The van der Waals surface area contributed by atoms with Gasteiger partial charge in [-0.15, -0.1) is 0 Å². The first-order chi connectivity index (χ1) is 9.54. The van der Waals surface area contributed by atoms with E-state index in [0.717, 1.165) is 0 Å². The van der Waals surface area contributed by atoms with Crippen LogP contribution in [-0.2, 0) is 9.59 Å². The van der Waals surface area contributed by atoms with E-state index in [-0.39, 0.29) is 12.8 Å². The average molecular weight is 283 g/mol. The van der Waals surface area contributed by atoms with Crippen molar-refractivity contribution >= 4 is 11.9 Å². The number of rotatable bonds is 4. The van der Waals surface area contributed by atoms with Crippen molar-refractivity contribution in [1.82, 2.24) is 19.9 Å². The van der Waals surface area contributed by atoms with Crippen molar-refractivity contribution in [2.75, 3.05) is 0 Å². The van der Waals surface area contributed by atoms with Crippen LogP contribution in [0.5, 0.6) is 0 Å². The number of nitrogens with one attached hydrogen (secondary N) is 2. The van der Waals surface area contributed by atoms with Crippen LogP contribution in [0, 0.1) is 0 Å². The van der Waals surface area contributed by atoms with Gasteiger partial charge in [0.25, 0.3) is 0 Å². The molecule has 9 nitrogen and oxygen atoms in total. The molecular weight excluding hydrogens is 266 g/mol. The Morgan fingerprint density at radius 1 is 1.10 bits per heavy atom. The first-order valence-corrected chi connectivity index (χ1v) is 5.59. The predicted octanol–water partition coefficient (Wildman–Crippen LogP) is 0.0825. The number of carboxylic acid groups (broad SMARTS) is 2. The highest BCUT2D eigenvalue weighted by atomic mass is 16.4. The summed E-state index contributed by atoms with van der Waals surface area (Å²) in [5, 5.41) is 16.3. The van der Waals surface area contributed by atoms with Crippen molar-refractivity contribution in [1.29, 1.82) is 0 Å². The minimum absolute atomic E-state index is 0.0231. The highest BCUT2D eigenvalue weighted by Crippen LogP contribution is 1.93. The second-order valence-corrected chi connectivity index (χ2v) is 3.40. The van der Waals surface area contributed by atoms with Gasteiger partial charge in [0.05, 0.1) is 12.7 Å². The number of nitrogens with zero attached hydrogens (tertiary/aromatic N) is 2. The number of carboxylic acids is 2. The number of carbonyl (C=O) groups is 2. The topological polar surface area (TPSA) is 158 Å². The Morgan fingerprint density at radius 2 is 1.60 bits per heavy atom. The highest BCUT2D eigenvalue weighted by Gasteiger charge is 2.12. The molecule has 0 radical (unpaired) electrons. The summed E-state index contributed by atoms with van der Waals surface area (Å²) < 4.78 is 0. The fourth-order valence-corrected chi connectivity index (χ4v) is 0.833. The summed E-state index contributed by atoms with van der Waals surface area (Å²) in [5.41, 5.74) is 5.00. The number of imidazole rings is 2. The lowest BCUT2D eigenvalue weighted by Gasteiger charge is -2.01. The van der Waals surface area contributed by atoms with E-state index in [9.17, 15) is 9.59 Å². The van der Waals surface area contributed by atoms with Gasteiger partial charge in [0, 0.05) is 31.2 Å². The fraction of sp³-hybridized carbons (Fsp3) is 0.273. The quantitative estimate of drug-likeness (QED) is 0.531. The lowest BCUT2D eigenvalue weighted by atomic mass is 10.2. The second kappa shape index (κ2) is 11.4. The number of hydrogen-bond donors (Lipinski definition) is 5. The Balaban J connectivity index is 0.000000298.